The van der Waals surface area contributed by atoms with Gasteiger partial charge in [-0.25, -0.2) is 0 Å². The first-order valence-corrected chi connectivity index (χ1v) is 4.03. The maximum atomic E-state index is 9.73. The summed E-state index contributed by atoms with van der Waals surface area (Å²) in [5, 5.41) is 12.8. The van der Waals surface area contributed by atoms with Gasteiger partial charge in [-0.15, -0.1) is 0 Å². The van der Waals surface area contributed by atoms with Crippen molar-refractivity contribution >= 4 is 7.85 Å². The summed E-state index contributed by atoms with van der Waals surface area (Å²) in [4.78, 5) is 0. The molecule has 0 amide bonds. The van der Waals surface area contributed by atoms with E-state index in [2.05, 4.69) is 5.32 Å². The summed E-state index contributed by atoms with van der Waals surface area (Å²) in [5.74, 6) is 0. The molecule has 0 aliphatic carbocycles. The Balaban J connectivity index is 0.000000845. The number of fused-ring (bicyclic) bond motifs is 2. The number of aliphatic hydroxyl groups is 1. The van der Waals surface area contributed by atoms with Crippen LogP contribution in [0.25, 0.3) is 0 Å². The first-order valence-electron chi connectivity index (χ1n) is 4.03. The van der Waals surface area contributed by atoms with E-state index < -0.39 is 17.7 Å². The van der Waals surface area contributed by atoms with Crippen LogP contribution in [0.2, 0.25) is 0 Å². The maximum Gasteiger partial charge on any atom is 0.130 e. The van der Waals surface area contributed by atoms with Crippen LogP contribution >= 0.6 is 0 Å². The quantitative estimate of drug-likeness (QED) is 0.575. The van der Waals surface area contributed by atoms with Gasteiger partial charge in [0.1, 0.15) is 19.6 Å². The van der Waals surface area contributed by atoms with Crippen LogP contribution in [-0.2, 0) is 42.2 Å². The molecule has 2 rings (SSSR count). The fourth-order valence-corrected chi connectivity index (χ4v) is 2.00. The number of ether oxygens (including phenoxy) is 2. The summed E-state index contributed by atoms with van der Waals surface area (Å²) in [6.07, 6.45) is -0.549. The van der Waals surface area contributed by atoms with Gasteiger partial charge in [0.15, 0.2) is 0 Å². The van der Waals surface area contributed by atoms with E-state index in [0.29, 0.717) is 13.2 Å². The van der Waals surface area contributed by atoms with Crippen LogP contribution in [0.3, 0.4) is 0 Å². The summed E-state index contributed by atoms with van der Waals surface area (Å²) < 4.78 is 10.4. The molecule has 2 fully saturated rings. The molecule has 0 aromatic heterocycles. The zero-order valence-corrected chi connectivity index (χ0v) is 10.4. The van der Waals surface area contributed by atoms with Gasteiger partial charge < -0.3 is 19.9 Å². The zero-order chi connectivity index (χ0) is 8.77. The maximum absolute atomic E-state index is 9.73. The van der Waals surface area contributed by atoms with Crippen LogP contribution < -0.4 is 5.32 Å². The first kappa shape index (κ1) is 12.1. The molecule has 0 spiro atoms. The Kier molecular flexibility index (Phi) is 3.95. The SMILES string of the molecule is [B]C1OC2(COC)CNC1C2O.[Y]. The molecule has 2 aliphatic rings. The second-order valence-corrected chi connectivity index (χ2v) is 3.43. The Morgan fingerprint density at radius 2 is 2.46 bits per heavy atom. The smallest absolute Gasteiger partial charge is 0.130 e. The van der Waals surface area contributed by atoms with E-state index >= 15 is 0 Å². The Morgan fingerprint density at radius 3 is 2.85 bits per heavy atom. The van der Waals surface area contributed by atoms with Crippen molar-refractivity contribution in [3.8, 4) is 0 Å². The molecular formula is C7H12BNO3Y. The van der Waals surface area contributed by atoms with Gasteiger partial charge in [-0.05, 0) is 0 Å². The Labute approximate surface area is 104 Å². The third-order valence-electron chi connectivity index (χ3n) is 2.63. The van der Waals surface area contributed by atoms with Gasteiger partial charge in [-0.3, -0.25) is 0 Å². The van der Waals surface area contributed by atoms with E-state index in [9.17, 15) is 5.11 Å². The summed E-state index contributed by atoms with van der Waals surface area (Å²) >= 11 is 0. The third kappa shape index (κ3) is 1.75. The molecule has 2 bridgehead atoms. The largest absolute Gasteiger partial charge is 0.388 e. The number of rotatable bonds is 2. The molecular weight excluding hydrogens is 246 g/mol. The molecule has 0 aromatic carbocycles. The van der Waals surface area contributed by atoms with Gasteiger partial charge in [-0.1, -0.05) is 0 Å². The van der Waals surface area contributed by atoms with E-state index in [4.69, 9.17) is 17.3 Å². The van der Waals surface area contributed by atoms with Gasteiger partial charge in [0.25, 0.3) is 0 Å². The minimum atomic E-state index is -0.612. The molecule has 3 radical (unpaired) electrons. The number of morpholine rings is 1. The zero-order valence-electron chi connectivity index (χ0n) is 7.56. The number of methoxy groups -OCH3 is 1. The normalized spacial score (nSPS) is 47.7. The van der Waals surface area contributed by atoms with Crippen LogP contribution in [0.5, 0.6) is 0 Å². The van der Waals surface area contributed by atoms with Crippen LogP contribution in [0.4, 0.5) is 0 Å². The second kappa shape index (κ2) is 4.25. The van der Waals surface area contributed by atoms with Gasteiger partial charge in [-0.2, -0.15) is 0 Å². The predicted octanol–water partition coefficient (Wildman–Crippen LogP) is -1.77. The number of nitrogens with one attached hydrogen (secondary N) is 1. The molecule has 0 saturated carbocycles. The predicted molar refractivity (Wildman–Crippen MR) is 43.0 cm³/mol. The molecule has 13 heavy (non-hydrogen) atoms. The number of aliphatic hydroxyl groups excluding tert-OH is 1. The van der Waals surface area contributed by atoms with E-state index in [0.717, 1.165) is 0 Å². The molecule has 2 saturated heterocycles. The van der Waals surface area contributed by atoms with Gasteiger partial charge >= 0.3 is 0 Å². The summed E-state index contributed by atoms with van der Waals surface area (Å²) in [6, 6.07) is -0.552. The molecule has 69 valence electrons. The van der Waals surface area contributed by atoms with Crippen molar-refractivity contribution < 1.29 is 47.3 Å². The number of hydrogen-bond donors (Lipinski definition) is 2. The van der Waals surface area contributed by atoms with Crippen LogP contribution in [0.1, 0.15) is 0 Å². The summed E-state index contributed by atoms with van der Waals surface area (Å²) in [5.41, 5.74) is -0.612. The van der Waals surface area contributed by atoms with Crippen molar-refractivity contribution in [2.75, 3.05) is 20.3 Å². The van der Waals surface area contributed by atoms with Gasteiger partial charge in [0.05, 0.1) is 12.6 Å². The summed E-state index contributed by atoms with van der Waals surface area (Å²) in [6.45, 7) is 0.992. The van der Waals surface area contributed by atoms with E-state index in [1.54, 1.807) is 7.11 Å². The van der Waals surface area contributed by atoms with Crippen molar-refractivity contribution in [1.82, 2.24) is 5.32 Å². The number of hydrogen-bond acceptors (Lipinski definition) is 4. The third-order valence-corrected chi connectivity index (χ3v) is 2.63. The van der Waals surface area contributed by atoms with Gasteiger partial charge in [0.2, 0.25) is 0 Å². The van der Waals surface area contributed by atoms with Crippen LogP contribution in [0, 0.1) is 0 Å². The minimum absolute atomic E-state index is 0. The topological polar surface area (TPSA) is 50.7 Å². The Hall–Kier alpha value is 1.01. The molecule has 2 aliphatic heterocycles. The van der Waals surface area contributed by atoms with E-state index in [1.165, 1.54) is 0 Å². The molecule has 4 unspecified atom stereocenters. The molecule has 4 nitrogen and oxygen atoms in total. The van der Waals surface area contributed by atoms with Crippen molar-refractivity contribution in [3.63, 3.8) is 0 Å². The monoisotopic (exact) mass is 258 g/mol. The van der Waals surface area contributed by atoms with Crippen molar-refractivity contribution in [1.29, 1.82) is 0 Å². The fourth-order valence-electron chi connectivity index (χ4n) is 2.00. The first-order chi connectivity index (χ1) is 5.69. The van der Waals surface area contributed by atoms with Crippen LogP contribution in [0.15, 0.2) is 0 Å². The second-order valence-electron chi connectivity index (χ2n) is 3.43. The van der Waals surface area contributed by atoms with Crippen molar-refractivity contribution in [3.05, 3.63) is 0 Å². The van der Waals surface area contributed by atoms with E-state index in [1.807, 2.05) is 0 Å². The average molecular weight is 258 g/mol. The average Bonchev–Trinajstić information content (AvgIpc) is 2.41. The van der Waals surface area contributed by atoms with Crippen molar-refractivity contribution in [2.24, 2.45) is 0 Å². The molecule has 4 atom stereocenters. The summed E-state index contributed by atoms with van der Waals surface area (Å²) in [7, 11) is 7.21. The standard InChI is InChI=1S/C7H12BNO3.Y/c1-11-3-7-2-9-4(5(7)10)6(8)12-7;/h4-6,9-10H,2-3H2,1H3;. The Bertz CT molecular complexity index is 197. The molecule has 2 heterocycles. The fraction of sp³-hybridized carbons (Fsp3) is 1.00. The molecule has 0 aromatic rings. The molecule has 6 heteroatoms. The Morgan fingerprint density at radius 1 is 1.77 bits per heavy atom. The van der Waals surface area contributed by atoms with Crippen molar-refractivity contribution in [2.45, 2.75) is 23.8 Å². The minimum Gasteiger partial charge on any atom is -0.388 e. The van der Waals surface area contributed by atoms with Crippen LogP contribution in [-0.4, -0.2) is 57.0 Å². The molecule has 2 N–H and O–H groups in total. The van der Waals surface area contributed by atoms with E-state index in [-0.39, 0.29) is 38.8 Å². The van der Waals surface area contributed by atoms with Gasteiger partial charge in [0, 0.05) is 52.4 Å².